The summed E-state index contributed by atoms with van der Waals surface area (Å²) >= 11 is 12.6. The fourth-order valence-electron chi connectivity index (χ4n) is 7.04. The van der Waals surface area contributed by atoms with Gasteiger partial charge in [-0.1, -0.05) is 53.5 Å². The summed E-state index contributed by atoms with van der Waals surface area (Å²) in [6, 6.07) is 18.7. The molecule has 0 spiro atoms. The van der Waals surface area contributed by atoms with Crippen LogP contribution in [0.5, 0.6) is 5.75 Å². The van der Waals surface area contributed by atoms with E-state index in [0.717, 1.165) is 5.56 Å². The largest absolute Gasteiger partial charge is 0.489 e. The molecule has 11 heteroatoms. The van der Waals surface area contributed by atoms with Crippen molar-refractivity contribution in [1.82, 2.24) is 4.90 Å². The number of hydrogen-bond acceptors (Lipinski definition) is 6. The van der Waals surface area contributed by atoms with E-state index < -0.39 is 30.5 Å². The minimum atomic E-state index is -3.92. The number of ether oxygens (including phenoxy) is 1. The molecule has 0 saturated carbocycles. The molecular weight excluding hydrogens is 629 g/mol. The second-order valence-electron chi connectivity index (χ2n) is 11.7. The van der Waals surface area contributed by atoms with Crippen LogP contribution in [0.15, 0.2) is 71.6 Å². The van der Waals surface area contributed by atoms with Crippen molar-refractivity contribution < 1.29 is 26.4 Å². The van der Waals surface area contributed by atoms with Gasteiger partial charge in [0.25, 0.3) is 0 Å². The molecule has 3 aromatic carbocycles. The smallest absolute Gasteiger partial charge is 0.223 e. The zero-order chi connectivity index (χ0) is 30.4. The Labute approximate surface area is 263 Å². The molecule has 1 aliphatic carbocycles. The Morgan fingerprint density at radius 3 is 2.35 bits per heavy atom. The summed E-state index contributed by atoms with van der Waals surface area (Å²) in [6.07, 6.45) is 2.52. The Bertz CT molecular complexity index is 1730. The lowest BCUT2D eigenvalue weighted by atomic mass is 9.78. The van der Waals surface area contributed by atoms with Gasteiger partial charge in [-0.05, 0) is 85.5 Å². The van der Waals surface area contributed by atoms with Crippen LogP contribution in [0.1, 0.15) is 48.8 Å². The first-order valence-corrected chi connectivity index (χ1v) is 18.6. The number of aryl methyl sites for hydroxylation is 1. The maximum atomic E-state index is 14.6. The van der Waals surface area contributed by atoms with Gasteiger partial charge in [-0.25, -0.2) is 16.8 Å². The summed E-state index contributed by atoms with van der Waals surface area (Å²) in [5.74, 6) is 0.666. The monoisotopic (exact) mass is 661 g/mol. The molecule has 3 aromatic rings. The third kappa shape index (κ3) is 5.58. The van der Waals surface area contributed by atoms with E-state index in [-0.39, 0.29) is 47.7 Å². The Hall–Kier alpha value is -2.59. The molecule has 0 bridgehead atoms. The van der Waals surface area contributed by atoms with Gasteiger partial charge in [0.2, 0.25) is 5.91 Å². The van der Waals surface area contributed by atoms with Crippen LogP contribution < -0.4 is 4.74 Å². The molecule has 2 aliphatic heterocycles. The summed E-state index contributed by atoms with van der Waals surface area (Å²) < 4.78 is 57.8. The summed E-state index contributed by atoms with van der Waals surface area (Å²) in [7, 11) is -6.96. The molecule has 0 N–H and O–H groups in total. The van der Waals surface area contributed by atoms with Crippen molar-refractivity contribution in [1.29, 1.82) is 0 Å². The van der Waals surface area contributed by atoms with Gasteiger partial charge in [0.1, 0.15) is 26.9 Å². The highest BCUT2D eigenvalue weighted by Crippen LogP contribution is 2.53. The van der Waals surface area contributed by atoms with Gasteiger partial charge in [0.15, 0.2) is 9.84 Å². The molecule has 7 nitrogen and oxygen atoms in total. The Morgan fingerprint density at radius 1 is 0.953 bits per heavy atom. The van der Waals surface area contributed by atoms with E-state index in [1.807, 2.05) is 12.1 Å². The predicted octanol–water partition coefficient (Wildman–Crippen LogP) is 6.00. The average Bonchev–Trinajstić information content (AvgIpc) is 3.40. The number of hydrogen-bond donors (Lipinski definition) is 0. The second kappa shape index (κ2) is 11.7. The zero-order valence-corrected chi connectivity index (χ0v) is 26.7. The van der Waals surface area contributed by atoms with E-state index in [2.05, 4.69) is 0 Å². The standard InChI is InChI=1S/C32H33Cl2NO6S2/c33-28-7-4-8-29(34)26(28)21-41-24-10-11-27-23(20-24)9-12-30-32(27,43(39,40)25-5-2-1-3-6-25)15-16-35(30)31(36)19-22-13-17-42(37,38)18-14-22/h1-8,10-11,20,22,30H,9,12-19,21H2/t30-,32-/m1/s1. The van der Waals surface area contributed by atoms with Crippen LogP contribution in [0, 0.1) is 5.92 Å². The van der Waals surface area contributed by atoms with Gasteiger partial charge in [0, 0.05) is 28.6 Å². The molecule has 2 heterocycles. The van der Waals surface area contributed by atoms with Gasteiger partial charge in [0.05, 0.1) is 22.4 Å². The topological polar surface area (TPSA) is 97.8 Å². The molecule has 43 heavy (non-hydrogen) atoms. The summed E-state index contributed by atoms with van der Waals surface area (Å²) in [5, 5.41) is 1.01. The van der Waals surface area contributed by atoms with Crippen LogP contribution in [0.25, 0.3) is 0 Å². The second-order valence-corrected chi connectivity index (χ2v) is 17.0. The third-order valence-electron chi connectivity index (χ3n) is 9.29. The fourth-order valence-corrected chi connectivity index (χ4v) is 11.5. The van der Waals surface area contributed by atoms with Crippen LogP contribution in [0.2, 0.25) is 10.0 Å². The summed E-state index contributed by atoms with van der Waals surface area (Å²) in [4.78, 5) is 15.7. The van der Waals surface area contributed by atoms with Crippen LogP contribution in [0.3, 0.4) is 0 Å². The number of amides is 1. The lowest BCUT2D eigenvalue weighted by molar-refractivity contribution is -0.133. The fraction of sp³-hybridized carbons (Fsp3) is 0.406. The van der Waals surface area contributed by atoms with E-state index in [9.17, 15) is 21.6 Å². The van der Waals surface area contributed by atoms with Crippen molar-refractivity contribution in [2.75, 3.05) is 18.1 Å². The molecule has 2 fully saturated rings. The highest BCUT2D eigenvalue weighted by atomic mass is 35.5. The average molecular weight is 663 g/mol. The highest BCUT2D eigenvalue weighted by Gasteiger charge is 2.60. The molecule has 6 rings (SSSR count). The first kappa shape index (κ1) is 30.4. The molecule has 3 aliphatic rings. The molecule has 1 amide bonds. The number of halogens is 2. The highest BCUT2D eigenvalue weighted by molar-refractivity contribution is 7.92. The Morgan fingerprint density at radius 2 is 1.65 bits per heavy atom. The van der Waals surface area contributed by atoms with Gasteiger partial charge < -0.3 is 9.64 Å². The summed E-state index contributed by atoms with van der Waals surface area (Å²) in [5.41, 5.74) is 2.26. The number of sulfone groups is 2. The number of carbonyl (C=O) groups excluding carboxylic acids is 1. The van der Waals surface area contributed by atoms with E-state index >= 15 is 0 Å². The number of benzene rings is 3. The van der Waals surface area contributed by atoms with Crippen LogP contribution >= 0.6 is 23.2 Å². The van der Waals surface area contributed by atoms with Crippen LogP contribution in [0.4, 0.5) is 0 Å². The van der Waals surface area contributed by atoms with Crippen molar-refractivity contribution in [3.63, 3.8) is 0 Å². The van der Waals surface area contributed by atoms with E-state index in [1.54, 1.807) is 59.5 Å². The SMILES string of the molecule is O=C(CC1CCS(=O)(=O)CC1)N1CC[C@@]2(S(=O)(=O)c3ccccc3)c3ccc(OCc4c(Cl)cccc4Cl)cc3CC[C@@H]12. The molecule has 228 valence electrons. The maximum absolute atomic E-state index is 14.6. The van der Waals surface area contributed by atoms with Crippen molar-refractivity contribution in [3.05, 3.63) is 93.5 Å². The van der Waals surface area contributed by atoms with Crippen molar-refractivity contribution in [3.8, 4) is 5.75 Å². The molecule has 0 radical (unpaired) electrons. The van der Waals surface area contributed by atoms with Gasteiger partial charge in [-0.2, -0.15) is 0 Å². The zero-order valence-electron chi connectivity index (χ0n) is 23.5. The predicted molar refractivity (Wildman–Crippen MR) is 167 cm³/mol. The lowest BCUT2D eigenvalue weighted by Gasteiger charge is -2.43. The number of nitrogens with zero attached hydrogens (tertiary/aromatic N) is 1. The minimum Gasteiger partial charge on any atom is -0.489 e. The molecule has 2 atom stereocenters. The maximum Gasteiger partial charge on any atom is 0.223 e. The van der Waals surface area contributed by atoms with Gasteiger partial charge in [-0.3, -0.25) is 4.79 Å². The van der Waals surface area contributed by atoms with E-state index in [0.29, 0.717) is 59.1 Å². The first-order valence-electron chi connectivity index (χ1n) is 14.5. The van der Waals surface area contributed by atoms with E-state index in [1.165, 1.54) is 0 Å². The number of fused-ring (bicyclic) bond motifs is 3. The van der Waals surface area contributed by atoms with Gasteiger partial charge >= 0.3 is 0 Å². The quantitative estimate of drug-likeness (QED) is 0.308. The molecule has 0 aromatic heterocycles. The lowest BCUT2D eigenvalue weighted by Crippen LogP contribution is -2.52. The summed E-state index contributed by atoms with van der Waals surface area (Å²) in [6.45, 7) is 0.488. The minimum absolute atomic E-state index is 0.0149. The van der Waals surface area contributed by atoms with Crippen LogP contribution in [-0.4, -0.2) is 51.7 Å². The van der Waals surface area contributed by atoms with Gasteiger partial charge in [-0.15, -0.1) is 0 Å². The molecular formula is C32H33Cl2NO6S2. The number of carbonyl (C=O) groups is 1. The Kier molecular flexibility index (Phi) is 8.30. The van der Waals surface area contributed by atoms with E-state index in [4.69, 9.17) is 27.9 Å². The normalized spacial score (nSPS) is 23.4. The third-order valence-corrected chi connectivity index (χ3v) is 14.3. The number of rotatable bonds is 7. The molecule has 0 unspecified atom stereocenters. The number of likely N-dealkylation sites (tertiary alicyclic amines) is 1. The van der Waals surface area contributed by atoms with Crippen molar-refractivity contribution >= 4 is 48.8 Å². The molecule has 2 saturated heterocycles. The van der Waals surface area contributed by atoms with Crippen molar-refractivity contribution in [2.45, 2.75) is 60.8 Å². The Balaban J connectivity index is 1.33. The van der Waals surface area contributed by atoms with Crippen molar-refractivity contribution in [2.24, 2.45) is 5.92 Å². The first-order chi connectivity index (χ1) is 20.5. The van der Waals surface area contributed by atoms with Crippen LogP contribution in [-0.2, 0) is 42.2 Å².